The van der Waals surface area contributed by atoms with Crippen LogP contribution in [0.25, 0.3) is 0 Å². The molecule has 1 aliphatic heterocycles. The second-order valence-corrected chi connectivity index (χ2v) is 3.31. The van der Waals surface area contributed by atoms with Gasteiger partial charge in [0, 0.05) is 13.2 Å². The third-order valence-electron chi connectivity index (χ3n) is 2.42. The van der Waals surface area contributed by atoms with Gasteiger partial charge in [-0.3, -0.25) is 4.90 Å². The second kappa shape index (κ2) is 5.27. The summed E-state index contributed by atoms with van der Waals surface area (Å²) in [5.74, 6) is 0. The predicted octanol–water partition coefficient (Wildman–Crippen LogP) is 0.422. The van der Waals surface area contributed by atoms with Crippen molar-refractivity contribution in [3.05, 3.63) is 0 Å². The zero-order chi connectivity index (χ0) is 8.81. The highest BCUT2D eigenvalue weighted by atomic mass is 16.3. The highest BCUT2D eigenvalue weighted by Crippen LogP contribution is 2.15. The maximum absolute atomic E-state index is 10.6. The van der Waals surface area contributed by atoms with Crippen LogP contribution < -0.4 is 0 Å². The first-order valence-corrected chi connectivity index (χ1v) is 4.68. The molecule has 1 saturated heterocycles. The lowest BCUT2D eigenvalue weighted by atomic mass is 10.0. The molecule has 1 N–H and O–H groups in total. The van der Waals surface area contributed by atoms with Gasteiger partial charge in [-0.25, -0.2) is 0 Å². The molecule has 1 unspecified atom stereocenters. The van der Waals surface area contributed by atoms with Gasteiger partial charge < -0.3 is 9.90 Å². The van der Waals surface area contributed by atoms with Crippen LogP contribution in [0.4, 0.5) is 0 Å². The molecule has 0 spiro atoms. The van der Waals surface area contributed by atoms with E-state index in [1.807, 2.05) is 0 Å². The number of rotatable bonds is 4. The largest absolute Gasteiger partial charge is 0.396 e. The van der Waals surface area contributed by atoms with Crippen LogP contribution in [0.15, 0.2) is 0 Å². The van der Waals surface area contributed by atoms with Gasteiger partial charge in [0.25, 0.3) is 0 Å². The molecule has 0 bridgehead atoms. The maximum atomic E-state index is 10.6. The van der Waals surface area contributed by atoms with E-state index in [0.29, 0.717) is 0 Å². The molecule has 0 aliphatic carbocycles. The quantitative estimate of drug-likeness (QED) is 0.623. The highest BCUT2D eigenvalue weighted by molar-refractivity contribution is 5.57. The topological polar surface area (TPSA) is 40.5 Å². The number of hydrogen-bond acceptors (Lipinski definition) is 3. The molecule has 0 aromatic rings. The molecule has 1 aliphatic rings. The van der Waals surface area contributed by atoms with Crippen LogP contribution in [0.3, 0.4) is 0 Å². The van der Waals surface area contributed by atoms with E-state index in [0.717, 1.165) is 32.2 Å². The summed E-state index contributed by atoms with van der Waals surface area (Å²) in [4.78, 5) is 12.8. The van der Waals surface area contributed by atoms with Crippen LogP contribution >= 0.6 is 0 Å². The highest BCUT2D eigenvalue weighted by Gasteiger charge is 2.20. The average Bonchev–Trinajstić information content (AvgIpc) is 2.15. The Labute approximate surface area is 73.4 Å². The molecule has 1 rings (SSSR count). The van der Waals surface area contributed by atoms with Crippen molar-refractivity contribution >= 4 is 6.29 Å². The number of hydrogen-bond donors (Lipinski definition) is 1. The summed E-state index contributed by atoms with van der Waals surface area (Å²) < 4.78 is 0. The van der Waals surface area contributed by atoms with Crippen molar-refractivity contribution in [2.45, 2.75) is 31.7 Å². The van der Waals surface area contributed by atoms with Gasteiger partial charge in [0.1, 0.15) is 6.29 Å². The molecule has 0 aromatic heterocycles. The lowest BCUT2D eigenvalue weighted by Gasteiger charge is -2.31. The zero-order valence-electron chi connectivity index (χ0n) is 7.41. The Morgan fingerprint density at radius 3 is 3.00 bits per heavy atom. The second-order valence-electron chi connectivity index (χ2n) is 3.31. The molecule has 70 valence electrons. The minimum atomic E-state index is 0.116. The third-order valence-corrected chi connectivity index (χ3v) is 2.42. The molecular formula is C9H17NO2. The van der Waals surface area contributed by atoms with E-state index in [9.17, 15) is 4.79 Å². The normalized spacial score (nSPS) is 25.6. The van der Waals surface area contributed by atoms with Crippen LogP contribution in [-0.2, 0) is 4.79 Å². The molecule has 0 radical (unpaired) electrons. The van der Waals surface area contributed by atoms with Gasteiger partial charge >= 0.3 is 0 Å². The van der Waals surface area contributed by atoms with E-state index in [2.05, 4.69) is 4.90 Å². The van der Waals surface area contributed by atoms with Gasteiger partial charge in [-0.15, -0.1) is 0 Å². The minimum absolute atomic E-state index is 0.116. The first kappa shape index (κ1) is 9.68. The van der Waals surface area contributed by atoms with Crippen molar-refractivity contribution in [2.24, 2.45) is 0 Å². The van der Waals surface area contributed by atoms with E-state index in [4.69, 9.17) is 5.11 Å². The molecule has 0 aromatic carbocycles. The number of nitrogens with zero attached hydrogens (tertiary/aromatic N) is 1. The van der Waals surface area contributed by atoms with Crippen LogP contribution in [-0.4, -0.2) is 42.0 Å². The maximum Gasteiger partial charge on any atom is 0.137 e. The summed E-state index contributed by atoms with van der Waals surface area (Å²) in [6, 6.07) is 0.116. The van der Waals surface area contributed by atoms with E-state index >= 15 is 0 Å². The summed E-state index contributed by atoms with van der Waals surface area (Å²) in [6.07, 6.45) is 5.17. The summed E-state index contributed by atoms with van der Waals surface area (Å²) in [7, 11) is 0. The number of aliphatic hydroxyl groups is 1. The lowest BCUT2D eigenvalue weighted by Crippen LogP contribution is -2.41. The number of carbonyl (C=O) groups excluding carboxylic acids is 1. The van der Waals surface area contributed by atoms with Crippen LogP contribution in [0, 0.1) is 0 Å². The van der Waals surface area contributed by atoms with E-state index < -0.39 is 0 Å². The van der Waals surface area contributed by atoms with Crippen molar-refractivity contribution < 1.29 is 9.90 Å². The third kappa shape index (κ3) is 2.57. The molecule has 1 fully saturated rings. The molecule has 3 heteroatoms. The Bertz CT molecular complexity index is 138. The molecule has 1 heterocycles. The number of piperidine rings is 1. The van der Waals surface area contributed by atoms with Crippen molar-refractivity contribution in [3.63, 3.8) is 0 Å². The van der Waals surface area contributed by atoms with Crippen LogP contribution in [0.1, 0.15) is 25.7 Å². The molecule has 1 atom stereocenters. The number of carbonyl (C=O) groups is 1. The Hall–Kier alpha value is -0.410. The fraction of sp³-hybridized carbons (Fsp3) is 0.889. The van der Waals surface area contributed by atoms with Gasteiger partial charge in [0.15, 0.2) is 0 Å². The Morgan fingerprint density at radius 1 is 1.50 bits per heavy atom. The predicted molar refractivity (Wildman–Crippen MR) is 47.0 cm³/mol. The SMILES string of the molecule is O=CC1CCCCN1CCCO. The summed E-state index contributed by atoms with van der Waals surface area (Å²) in [6.45, 7) is 2.10. The smallest absolute Gasteiger partial charge is 0.137 e. The van der Waals surface area contributed by atoms with Crippen molar-refractivity contribution in [1.82, 2.24) is 4.90 Å². The van der Waals surface area contributed by atoms with Crippen molar-refractivity contribution in [1.29, 1.82) is 0 Å². The number of aliphatic hydroxyl groups excluding tert-OH is 1. The van der Waals surface area contributed by atoms with Crippen LogP contribution in [0.5, 0.6) is 0 Å². The molecule has 12 heavy (non-hydrogen) atoms. The van der Waals surface area contributed by atoms with E-state index in [1.54, 1.807) is 0 Å². The Kier molecular flexibility index (Phi) is 4.25. The Balaban J connectivity index is 2.31. The molecule has 0 amide bonds. The number of likely N-dealkylation sites (tertiary alicyclic amines) is 1. The molecule has 0 saturated carbocycles. The van der Waals surface area contributed by atoms with Gasteiger partial charge in [-0.05, 0) is 25.8 Å². The molecule has 3 nitrogen and oxygen atoms in total. The van der Waals surface area contributed by atoms with E-state index in [1.165, 1.54) is 12.8 Å². The summed E-state index contributed by atoms with van der Waals surface area (Å²) in [5, 5.41) is 8.64. The first-order chi connectivity index (χ1) is 5.88. The number of aldehydes is 1. The van der Waals surface area contributed by atoms with Gasteiger partial charge in [0.2, 0.25) is 0 Å². The van der Waals surface area contributed by atoms with Crippen molar-refractivity contribution in [3.8, 4) is 0 Å². The first-order valence-electron chi connectivity index (χ1n) is 4.68. The average molecular weight is 171 g/mol. The summed E-state index contributed by atoms with van der Waals surface area (Å²) in [5.41, 5.74) is 0. The summed E-state index contributed by atoms with van der Waals surface area (Å²) >= 11 is 0. The fourth-order valence-electron chi connectivity index (χ4n) is 1.72. The van der Waals surface area contributed by atoms with Gasteiger partial charge in [-0.1, -0.05) is 6.42 Å². The van der Waals surface area contributed by atoms with Crippen molar-refractivity contribution in [2.75, 3.05) is 19.7 Å². The van der Waals surface area contributed by atoms with Gasteiger partial charge in [-0.2, -0.15) is 0 Å². The standard InChI is InChI=1S/C9H17NO2/c11-7-3-6-10-5-2-1-4-9(10)8-12/h8-9,11H,1-7H2. The lowest BCUT2D eigenvalue weighted by molar-refractivity contribution is -0.113. The van der Waals surface area contributed by atoms with E-state index in [-0.39, 0.29) is 12.6 Å². The van der Waals surface area contributed by atoms with Crippen LogP contribution in [0.2, 0.25) is 0 Å². The fourth-order valence-corrected chi connectivity index (χ4v) is 1.72. The zero-order valence-corrected chi connectivity index (χ0v) is 7.41. The van der Waals surface area contributed by atoms with Gasteiger partial charge in [0.05, 0.1) is 6.04 Å². The minimum Gasteiger partial charge on any atom is -0.396 e. The Morgan fingerprint density at radius 2 is 2.33 bits per heavy atom. The molecular weight excluding hydrogens is 154 g/mol. The monoisotopic (exact) mass is 171 g/mol.